The van der Waals surface area contributed by atoms with Gasteiger partial charge in [0.2, 0.25) is 0 Å². The SMILES string of the molecule is CCNC(=NCC(C)N1CCOCC1)NC(CC)CS(=O)(=O)c1ccccc1.I. The van der Waals surface area contributed by atoms with Crippen molar-refractivity contribution in [1.29, 1.82) is 0 Å². The summed E-state index contributed by atoms with van der Waals surface area (Å²) in [7, 11) is -3.35. The molecule has 2 atom stereocenters. The summed E-state index contributed by atoms with van der Waals surface area (Å²) in [6, 6.07) is 8.71. The van der Waals surface area contributed by atoms with Crippen LogP contribution in [0.1, 0.15) is 27.2 Å². The van der Waals surface area contributed by atoms with Crippen molar-refractivity contribution in [3.8, 4) is 0 Å². The fourth-order valence-corrected chi connectivity index (χ4v) is 4.73. The Hall–Kier alpha value is -0.910. The number of hydrogen-bond acceptors (Lipinski definition) is 5. The van der Waals surface area contributed by atoms with E-state index in [1.54, 1.807) is 24.3 Å². The fourth-order valence-electron chi connectivity index (χ4n) is 3.12. The molecule has 1 saturated heterocycles. The van der Waals surface area contributed by atoms with Gasteiger partial charge in [0.1, 0.15) is 0 Å². The van der Waals surface area contributed by atoms with Crippen molar-refractivity contribution in [3.63, 3.8) is 0 Å². The van der Waals surface area contributed by atoms with Crippen LogP contribution in [0.15, 0.2) is 40.2 Å². The third-order valence-corrected chi connectivity index (χ3v) is 6.72. The van der Waals surface area contributed by atoms with Gasteiger partial charge in [-0.25, -0.2) is 8.42 Å². The number of benzene rings is 1. The summed E-state index contributed by atoms with van der Waals surface area (Å²) in [4.78, 5) is 7.42. The molecule has 0 spiro atoms. The minimum atomic E-state index is -3.35. The molecule has 0 radical (unpaired) electrons. The summed E-state index contributed by atoms with van der Waals surface area (Å²) in [5.74, 6) is 0.703. The van der Waals surface area contributed by atoms with Crippen LogP contribution < -0.4 is 10.6 Å². The van der Waals surface area contributed by atoms with E-state index in [1.807, 2.05) is 19.9 Å². The molecule has 1 aliphatic heterocycles. The highest BCUT2D eigenvalue weighted by Gasteiger charge is 2.21. The van der Waals surface area contributed by atoms with Crippen LogP contribution in [0.5, 0.6) is 0 Å². The molecule has 2 rings (SSSR count). The highest BCUT2D eigenvalue weighted by Crippen LogP contribution is 2.12. The van der Waals surface area contributed by atoms with Crippen LogP contribution in [0.3, 0.4) is 0 Å². The summed E-state index contributed by atoms with van der Waals surface area (Å²) < 4.78 is 30.8. The lowest BCUT2D eigenvalue weighted by atomic mass is 10.2. The first-order valence-corrected chi connectivity index (χ1v) is 11.8. The number of rotatable bonds is 9. The molecule has 0 aromatic heterocycles. The maximum Gasteiger partial charge on any atom is 0.191 e. The van der Waals surface area contributed by atoms with Gasteiger partial charge in [0.25, 0.3) is 0 Å². The molecule has 0 aliphatic carbocycles. The molecule has 1 aromatic carbocycles. The van der Waals surface area contributed by atoms with E-state index in [9.17, 15) is 8.42 Å². The lowest BCUT2D eigenvalue weighted by Gasteiger charge is -2.31. The van der Waals surface area contributed by atoms with E-state index < -0.39 is 9.84 Å². The van der Waals surface area contributed by atoms with Crippen LogP contribution >= 0.6 is 24.0 Å². The van der Waals surface area contributed by atoms with Crippen molar-refractivity contribution in [2.45, 2.75) is 44.2 Å². The molecule has 29 heavy (non-hydrogen) atoms. The minimum absolute atomic E-state index is 0. The van der Waals surface area contributed by atoms with Crippen molar-refractivity contribution in [3.05, 3.63) is 30.3 Å². The van der Waals surface area contributed by atoms with E-state index in [0.717, 1.165) is 32.8 Å². The molecule has 166 valence electrons. The Bertz CT molecular complexity index is 710. The third-order valence-electron chi connectivity index (χ3n) is 4.88. The first kappa shape index (κ1) is 26.1. The Morgan fingerprint density at radius 1 is 1.21 bits per heavy atom. The van der Waals surface area contributed by atoms with Crippen molar-refractivity contribution >= 4 is 39.8 Å². The van der Waals surface area contributed by atoms with Crippen molar-refractivity contribution in [1.82, 2.24) is 15.5 Å². The summed E-state index contributed by atoms with van der Waals surface area (Å²) >= 11 is 0. The fraction of sp³-hybridized carbons (Fsp3) is 0.650. The van der Waals surface area contributed by atoms with Crippen LogP contribution in [-0.4, -0.2) is 76.5 Å². The number of halogens is 1. The van der Waals surface area contributed by atoms with Gasteiger partial charge in [-0.15, -0.1) is 24.0 Å². The van der Waals surface area contributed by atoms with Gasteiger partial charge < -0.3 is 15.4 Å². The highest BCUT2D eigenvalue weighted by molar-refractivity contribution is 14.0. The van der Waals surface area contributed by atoms with Crippen LogP contribution in [0.2, 0.25) is 0 Å². The molecule has 0 bridgehead atoms. The molecule has 9 heteroatoms. The number of aliphatic imine (C=N–C) groups is 1. The molecular weight excluding hydrogens is 503 g/mol. The van der Waals surface area contributed by atoms with E-state index in [1.165, 1.54) is 0 Å². The van der Waals surface area contributed by atoms with Crippen LogP contribution in [-0.2, 0) is 14.6 Å². The van der Waals surface area contributed by atoms with Crippen molar-refractivity contribution in [2.24, 2.45) is 4.99 Å². The number of sulfone groups is 1. The van der Waals surface area contributed by atoms with Gasteiger partial charge in [-0.05, 0) is 32.4 Å². The smallest absolute Gasteiger partial charge is 0.191 e. The topological polar surface area (TPSA) is 83.0 Å². The molecule has 1 aromatic rings. The standard InChI is InChI=1S/C20H34N4O3S.HI/c1-4-18(16-28(25,26)19-9-7-6-8-10-19)23-20(21-5-2)22-15-17(3)24-11-13-27-14-12-24;/h6-10,17-18H,4-5,11-16H2,1-3H3,(H2,21,22,23);1H. The van der Waals surface area contributed by atoms with Crippen LogP contribution in [0.4, 0.5) is 0 Å². The predicted molar refractivity (Wildman–Crippen MR) is 129 cm³/mol. The lowest BCUT2D eigenvalue weighted by molar-refractivity contribution is 0.0220. The number of morpholine rings is 1. The molecule has 0 saturated carbocycles. The average molecular weight is 538 g/mol. The Morgan fingerprint density at radius 3 is 2.45 bits per heavy atom. The number of nitrogens with one attached hydrogen (secondary N) is 2. The van der Waals surface area contributed by atoms with Crippen LogP contribution in [0, 0.1) is 0 Å². The zero-order valence-corrected chi connectivity index (χ0v) is 20.8. The molecule has 2 N–H and O–H groups in total. The molecule has 0 amide bonds. The second kappa shape index (κ2) is 13.4. The average Bonchev–Trinajstić information content (AvgIpc) is 2.72. The molecule has 2 unspecified atom stereocenters. The van der Waals surface area contributed by atoms with E-state index in [-0.39, 0.29) is 35.8 Å². The summed E-state index contributed by atoms with van der Waals surface area (Å²) in [5.41, 5.74) is 0. The summed E-state index contributed by atoms with van der Waals surface area (Å²) in [6.45, 7) is 10.9. The van der Waals surface area contributed by atoms with Gasteiger partial charge in [0, 0.05) is 31.7 Å². The highest BCUT2D eigenvalue weighted by atomic mass is 127. The second-order valence-electron chi connectivity index (χ2n) is 7.06. The zero-order chi connectivity index (χ0) is 20.4. The molecular formula is C20H35IN4O3S. The number of ether oxygens (including phenoxy) is 1. The number of hydrogen-bond donors (Lipinski definition) is 2. The van der Waals surface area contributed by atoms with Crippen molar-refractivity contribution in [2.75, 3.05) is 45.1 Å². The quantitative estimate of drug-likeness (QED) is 0.285. The van der Waals surface area contributed by atoms with Gasteiger partial charge >= 0.3 is 0 Å². The monoisotopic (exact) mass is 538 g/mol. The van der Waals surface area contributed by atoms with Gasteiger partial charge in [0.15, 0.2) is 15.8 Å². The molecule has 1 fully saturated rings. The Labute approximate surface area is 192 Å². The first-order valence-electron chi connectivity index (χ1n) is 10.1. The Morgan fingerprint density at radius 2 is 1.86 bits per heavy atom. The largest absolute Gasteiger partial charge is 0.379 e. The number of nitrogens with zero attached hydrogens (tertiary/aromatic N) is 2. The van der Waals surface area contributed by atoms with E-state index in [0.29, 0.717) is 29.9 Å². The molecule has 1 aliphatic rings. The van der Waals surface area contributed by atoms with Gasteiger partial charge in [0.05, 0.1) is 30.4 Å². The maximum atomic E-state index is 12.7. The van der Waals surface area contributed by atoms with Crippen molar-refractivity contribution < 1.29 is 13.2 Å². The zero-order valence-electron chi connectivity index (χ0n) is 17.6. The van der Waals surface area contributed by atoms with E-state index >= 15 is 0 Å². The predicted octanol–water partition coefficient (Wildman–Crippen LogP) is 2.13. The first-order chi connectivity index (χ1) is 13.5. The second-order valence-corrected chi connectivity index (χ2v) is 9.10. The van der Waals surface area contributed by atoms with Crippen LogP contribution in [0.25, 0.3) is 0 Å². The number of guanidine groups is 1. The third kappa shape index (κ3) is 8.77. The van der Waals surface area contributed by atoms with E-state index in [4.69, 9.17) is 9.73 Å². The minimum Gasteiger partial charge on any atom is -0.379 e. The molecule has 1 heterocycles. The Balaban J connectivity index is 0.00000420. The van der Waals surface area contributed by atoms with Gasteiger partial charge in [-0.1, -0.05) is 25.1 Å². The Kier molecular flexibility index (Phi) is 12.1. The molecule has 7 nitrogen and oxygen atoms in total. The maximum absolute atomic E-state index is 12.7. The van der Waals surface area contributed by atoms with E-state index in [2.05, 4.69) is 22.5 Å². The van der Waals surface area contributed by atoms with Gasteiger partial charge in [-0.2, -0.15) is 0 Å². The van der Waals surface area contributed by atoms with Gasteiger partial charge in [-0.3, -0.25) is 9.89 Å². The summed E-state index contributed by atoms with van der Waals surface area (Å²) in [6.07, 6.45) is 0.690. The normalized spacial score (nSPS) is 17.8. The summed E-state index contributed by atoms with van der Waals surface area (Å²) in [5, 5.41) is 6.54. The lowest BCUT2D eigenvalue weighted by Crippen LogP contribution is -2.47.